The lowest BCUT2D eigenvalue weighted by Gasteiger charge is -2.29. The number of halogens is 2. The van der Waals surface area contributed by atoms with E-state index in [0.29, 0.717) is 26.3 Å². The SMILES string of the molecule is CCNC(=NCc1cccnc1N1CCOCC1)N(C)Cc1ccc(OC(F)F)cc1. The molecule has 1 aliphatic heterocycles. The molecule has 1 aliphatic rings. The Balaban J connectivity index is 1.68. The molecule has 0 amide bonds. The highest BCUT2D eigenvalue weighted by Crippen LogP contribution is 2.20. The van der Waals surface area contributed by atoms with Crippen molar-refractivity contribution in [3.05, 3.63) is 53.7 Å². The van der Waals surface area contributed by atoms with Gasteiger partial charge in [-0.05, 0) is 30.7 Å². The van der Waals surface area contributed by atoms with Crippen LogP contribution in [0.2, 0.25) is 0 Å². The molecular weight excluding hydrogens is 404 g/mol. The quantitative estimate of drug-likeness (QED) is 0.510. The van der Waals surface area contributed by atoms with Crippen molar-refractivity contribution in [1.82, 2.24) is 15.2 Å². The number of rotatable bonds is 8. The number of aromatic nitrogens is 1. The number of guanidine groups is 1. The van der Waals surface area contributed by atoms with E-state index in [-0.39, 0.29) is 5.75 Å². The van der Waals surface area contributed by atoms with Crippen LogP contribution in [0.4, 0.5) is 14.6 Å². The first kappa shape index (κ1) is 22.7. The molecule has 0 spiro atoms. The van der Waals surface area contributed by atoms with Gasteiger partial charge in [0.15, 0.2) is 5.96 Å². The smallest absolute Gasteiger partial charge is 0.387 e. The summed E-state index contributed by atoms with van der Waals surface area (Å²) >= 11 is 0. The number of hydrogen-bond acceptors (Lipinski definition) is 5. The number of hydrogen-bond donors (Lipinski definition) is 1. The minimum absolute atomic E-state index is 0.147. The Kier molecular flexibility index (Phi) is 8.40. The van der Waals surface area contributed by atoms with Gasteiger partial charge in [-0.2, -0.15) is 8.78 Å². The number of anilines is 1. The first-order valence-corrected chi connectivity index (χ1v) is 10.4. The van der Waals surface area contributed by atoms with E-state index < -0.39 is 6.61 Å². The molecule has 0 atom stereocenters. The molecule has 2 heterocycles. The van der Waals surface area contributed by atoms with Crippen LogP contribution in [-0.4, -0.2) is 62.4 Å². The van der Waals surface area contributed by atoms with Crippen LogP contribution < -0.4 is 15.0 Å². The Hall–Kier alpha value is -2.94. The summed E-state index contributed by atoms with van der Waals surface area (Å²) in [5, 5.41) is 3.31. The zero-order chi connectivity index (χ0) is 22.1. The van der Waals surface area contributed by atoms with Crippen LogP contribution in [0.15, 0.2) is 47.6 Å². The van der Waals surface area contributed by atoms with E-state index >= 15 is 0 Å². The van der Waals surface area contributed by atoms with Gasteiger partial charge >= 0.3 is 6.61 Å². The third-order valence-corrected chi connectivity index (χ3v) is 4.84. The maximum atomic E-state index is 12.3. The molecule has 0 saturated carbocycles. The van der Waals surface area contributed by atoms with Crippen molar-refractivity contribution in [2.75, 3.05) is 44.8 Å². The summed E-state index contributed by atoms with van der Waals surface area (Å²) in [6.07, 6.45) is 1.80. The number of ether oxygens (including phenoxy) is 2. The number of pyridine rings is 1. The van der Waals surface area contributed by atoms with Crippen molar-refractivity contribution in [1.29, 1.82) is 0 Å². The molecule has 1 aromatic carbocycles. The summed E-state index contributed by atoms with van der Waals surface area (Å²) in [5.74, 6) is 1.85. The second kappa shape index (κ2) is 11.5. The molecular formula is C22H29F2N5O2. The van der Waals surface area contributed by atoms with Crippen LogP contribution in [0.1, 0.15) is 18.1 Å². The molecule has 0 unspecified atom stereocenters. The summed E-state index contributed by atoms with van der Waals surface area (Å²) in [6.45, 7) is 4.03. The van der Waals surface area contributed by atoms with E-state index in [4.69, 9.17) is 9.73 Å². The van der Waals surface area contributed by atoms with Gasteiger partial charge in [0, 0.05) is 45.0 Å². The second-order valence-electron chi connectivity index (χ2n) is 7.13. The summed E-state index contributed by atoms with van der Waals surface area (Å²) < 4.78 is 34.5. The number of nitrogens with zero attached hydrogens (tertiary/aromatic N) is 4. The fourth-order valence-corrected chi connectivity index (χ4v) is 3.37. The molecule has 1 aromatic heterocycles. The summed E-state index contributed by atoms with van der Waals surface area (Å²) in [7, 11) is 1.94. The van der Waals surface area contributed by atoms with E-state index in [2.05, 4.69) is 19.9 Å². The molecule has 7 nitrogen and oxygen atoms in total. The number of nitrogens with one attached hydrogen (secondary N) is 1. The molecule has 168 valence electrons. The molecule has 1 fully saturated rings. The number of alkyl halides is 2. The molecule has 9 heteroatoms. The fourth-order valence-electron chi connectivity index (χ4n) is 3.37. The predicted octanol–water partition coefficient (Wildman–Crippen LogP) is 3.12. The van der Waals surface area contributed by atoms with Crippen LogP contribution in [0, 0.1) is 0 Å². The summed E-state index contributed by atoms with van der Waals surface area (Å²) in [4.78, 5) is 13.6. The second-order valence-corrected chi connectivity index (χ2v) is 7.13. The molecule has 1 N–H and O–H groups in total. The Morgan fingerprint density at radius 2 is 2.00 bits per heavy atom. The van der Waals surface area contributed by atoms with Crippen LogP contribution in [0.3, 0.4) is 0 Å². The molecule has 2 aromatic rings. The highest BCUT2D eigenvalue weighted by atomic mass is 19.3. The van der Waals surface area contributed by atoms with Gasteiger partial charge in [-0.1, -0.05) is 18.2 Å². The lowest BCUT2D eigenvalue weighted by Crippen LogP contribution is -2.39. The van der Waals surface area contributed by atoms with Crippen molar-refractivity contribution in [3.63, 3.8) is 0 Å². The lowest BCUT2D eigenvalue weighted by atomic mass is 10.2. The average Bonchev–Trinajstić information content (AvgIpc) is 2.78. The van der Waals surface area contributed by atoms with Gasteiger partial charge in [0.2, 0.25) is 0 Å². The van der Waals surface area contributed by atoms with Gasteiger partial charge in [0.25, 0.3) is 0 Å². The zero-order valence-electron chi connectivity index (χ0n) is 17.9. The lowest BCUT2D eigenvalue weighted by molar-refractivity contribution is -0.0498. The van der Waals surface area contributed by atoms with Crippen molar-refractivity contribution in [3.8, 4) is 5.75 Å². The van der Waals surface area contributed by atoms with E-state index in [1.165, 1.54) is 0 Å². The molecule has 0 aliphatic carbocycles. The maximum Gasteiger partial charge on any atom is 0.387 e. The topological polar surface area (TPSA) is 62.2 Å². The van der Waals surface area contributed by atoms with Gasteiger partial charge < -0.3 is 24.6 Å². The minimum Gasteiger partial charge on any atom is -0.435 e. The van der Waals surface area contributed by atoms with Gasteiger partial charge in [0.05, 0.1) is 19.8 Å². The Morgan fingerprint density at radius 1 is 1.26 bits per heavy atom. The number of aliphatic imine (C=N–C) groups is 1. The summed E-state index contributed by atoms with van der Waals surface area (Å²) in [5.41, 5.74) is 2.02. The van der Waals surface area contributed by atoms with Crippen LogP contribution >= 0.6 is 0 Å². The molecule has 0 bridgehead atoms. The zero-order valence-corrected chi connectivity index (χ0v) is 17.9. The fraction of sp³-hybridized carbons (Fsp3) is 0.455. The minimum atomic E-state index is -2.82. The predicted molar refractivity (Wildman–Crippen MR) is 117 cm³/mol. The maximum absolute atomic E-state index is 12.3. The normalized spacial score (nSPS) is 14.6. The van der Waals surface area contributed by atoms with Crippen molar-refractivity contribution < 1.29 is 18.3 Å². The number of morpholine rings is 1. The first-order valence-electron chi connectivity index (χ1n) is 10.4. The van der Waals surface area contributed by atoms with Crippen LogP contribution in [-0.2, 0) is 17.8 Å². The van der Waals surface area contributed by atoms with Gasteiger partial charge in [0.1, 0.15) is 11.6 Å². The van der Waals surface area contributed by atoms with Gasteiger partial charge in [-0.25, -0.2) is 9.98 Å². The Bertz CT molecular complexity index is 842. The largest absolute Gasteiger partial charge is 0.435 e. The molecule has 3 rings (SSSR count). The Labute approximate surface area is 181 Å². The van der Waals surface area contributed by atoms with E-state index in [9.17, 15) is 8.78 Å². The molecule has 1 saturated heterocycles. The van der Waals surface area contributed by atoms with Crippen LogP contribution in [0.25, 0.3) is 0 Å². The summed E-state index contributed by atoms with van der Waals surface area (Å²) in [6, 6.07) is 10.6. The van der Waals surface area contributed by atoms with Crippen LogP contribution in [0.5, 0.6) is 5.75 Å². The molecule has 31 heavy (non-hydrogen) atoms. The Morgan fingerprint density at radius 3 is 2.68 bits per heavy atom. The van der Waals surface area contributed by atoms with E-state index in [0.717, 1.165) is 42.5 Å². The van der Waals surface area contributed by atoms with E-state index in [1.54, 1.807) is 30.5 Å². The van der Waals surface area contributed by atoms with Gasteiger partial charge in [-0.15, -0.1) is 0 Å². The van der Waals surface area contributed by atoms with Crippen molar-refractivity contribution >= 4 is 11.8 Å². The van der Waals surface area contributed by atoms with Gasteiger partial charge in [-0.3, -0.25) is 0 Å². The number of benzene rings is 1. The molecule has 0 radical (unpaired) electrons. The third kappa shape index (κ3) is 6.78. The van der Waals surface area contributed by atoms with Crippen molar-refractivity contribution in [2.24, 2.45) is 4.99 Å². The third-order valence-electron chi connectivity index (χ3n) is 4.84. The highest BCUT2D eigenvalue weighted by Gasteiger charge is 2.16. The first-order chi connectivity index (χ1) is 15.1. The monoisotopic (exact) mass is 433 g/mol. The van der Waals surface area contributed by atoms with Crippen molar-refractivity contribution in [2.45, 2.75) is 26.6 Å². The standard InChI is InChI=1S/C22H29F2N5O2/c1-3-25-22(28(2)16-17-6-8-19(9-7-17)31-21(23)24)27-15-18-5-4-10-26-20(18)29-11-13-30-14-12-29/h4-10,21H,3,11-16H2,1-2H3,(H,25,27). The van der Waals surface area contributed by atoms with E-state index in [1.807, 2.05) is 31.0 Å². The average molecular weight is 434 g/mol. The highest BCUT2D eigenvalue weighted by molar-refractivity contribution is 5.79.